The van der Waals surface area contributed by atoms with Crippen molar-refractivity contribution >= 4 is 50.5 Å². The fourth-order valence-electron chi connectivity index (χ4n) is 2.60. The zero-order chi connectivity index (χ0) is 23.9. The number of aromatic nitrogens is 1. The summed E-state index contributed by atoms with van der Waals surface area (Å²) in [5.74, 6) is -1.87. The minimum absolute atomic E-state index is 0.0100. The van der Waals surface area contributed by atoms with E-state index in [9.17, 15) is 22.8 Å². The van der Waals surface area contributed by atoms with E-state index in [4.69, 9.17) is 14.7 Å². The van der Waals surface area contributed by atoms with E-state index in [1.165, 1.54) is 13.8 Å². The van der Waals surface area contributed by atoms with Crippen molar-refractivity contribution in [3.05, 3.63) is 10.6 Å². The molecule has 3 amide bonds. The molecule has 1 aromatic heterocycles. The zero-order valence-electron chi connectivity index (χ0n) is 17.6. The quantitative estimate of drug-likeness (QED) is 0.263. The van der Waals surface area contributed by atoms with Crippen LogP contribution in [0.5, 0.6) is 0 Å². The van der Waals surface area contributed by atoms with Crippen molar-refractivity contribution in [1.82, 2.24) is 15.4 Å². The first-order chi connectivity index (χ1) is 13.9. The number of aryl methyl sites for hydroxylation is 1. The van der Waals surface area contributed by atoms with Crippen LogP contribution in [0.25, 0.3) is 0 Å². The van der Waals surface area contributed by atoms with Crippen molar-refractivity contribution in [2.75, 3.05) is 5.32 Å². The van der Waals surface area contributed by atoms with Gasteiger partial charge in [-0.05, 0) is 41.5 Å². The highest BCUT2D eigenvalue weighted by Gasteiger charge is 2.58. The van der Waals surface area contributed by atoms with Crippen molar-refractivity contribution < 1.29 is 36.4 Å². The molecule has 1 saturated heterocycles. The van der Waals surface area contributed by atoms with E-state index in [-0.39, 0.29) is 10.8 Å². The third-order valence-electron chi connectivity index (χ3n) is 3.99. The van der Waals surface area contributed by atoms with E-state index in [0.29, 0.717) is 9.94 Å². The molecule has 4 N–H and O–H groups in total. The lowest BCUT2D eigenvalue weighted by Gasteiger charge is -2.50. The van der Waals surface area contributed by atoms with Gasteiger partial charge in [0.15, 0.2) is 5.13 Å². The second-order valence-electron chi connectivity index (χ2n) is 8.12. The van der Waals surface area contributed by atoms with E-state index in [1.807, 2.05) is 0 Å². The first-order valence-electron chi connectivity index (χ1n) is 8.80. The highest BCUT2D eigenvalue weighted by atomic mass is 32.3. The molecular weight excluding hydrogens is 454 g/mol. The Labute approximate surface area is 182 Å². The standard InChI is InChI=1S/C16H23N5O8S2/c1-7-9(18-13(30-7)20-14(24)28-15(2,3)4)8(17)11(22)19-10-12(23)21(16(10,5)6)29-31(25,26)27/h10,17H,1-6H3,(H,19,22)(H,18,20,24)(H,25,26,27)/t10-/m1/s1. The van der Waals surface area contributed by atoms with E-state index >= 15 is 0 Å². The molecule has 0 radical (unpaired) electrons. The van der Waals surface area contributed by atoms with Gasteiger partial charge in [-0.3, -0.25) is 24.9 Å². The van der Waals surface area contributed by atoms with E-state index in [2.05, 4.69) is 19.9 Å². The number of hydrogen-bond acceptors (Lipinski definition) is 10. The highest BCUT2D eigenvalue weighted by molar-refractivity contribution is 7.80. The van der Waals surface area contributed by atoms with Crippen LogP contribution >= 0.6 is 11.3 Å². The SMILES string of the molecule is Cc1sc(NC(=O)OC(C)(C)C)nc1C(=N)C(=O)N[C@@H]1C(=O)N(OS(=O)(=O)O)C1(C)C. The highest BCUT2D eigenvalue weighted by Crippen LogP contribution is 2.33. The number of hydrogen-bond donors (Lipinski definition) is 4. The number of anilines is 1. The summed E-state index contributed by atoms with van der Waals surface area (Å²) in [7, 11) is -4.93. The predicted octanol–water partition coefficient (Wildman–Crippen LogP) is 1.01. The molecule has 2 rings (SSSR count). The number of amides is 3. The van der Waals surface area contributed by atoms with Gasteiger partial charge in [-0.15, -0.1) is 15.6 Å². The Bertz CT molecular complexity index is 1040. The molecule has 0 aromatic carbocycles. The maximum atomic E-state index is 12.5. The van der Waals surface area contributed by atoms with Crippen molar-refractivity contribution in [3.8, 4) is 0 Å². The van der Waals surface area contributed by atoms with Crippen LogP contribution < -0.4 is 10.6 Å². The Hall–Kier alpha value is -2.62. The van der Waals surface area contributed by atoms with Crippen LogP contribution in [0.2, 0.25) is 0 Å². The molecule has 0 unspecified atom stereocenters. The molecule has 13 nitrogen and oxygen atoms in total. The Morgan fingerprint density at radius 1 is 1.32 bits per heavy atom. The lowest BCUT2D eigenvalue weighted by atomic mass is 9.84. The largest absolute Gasteiger partial charge is 0.444 e. The molecule has 1 atom stereocenters. The van der Waals surface area contributed by atoms with E-state index < -0.39 is 51.2 Å². The Kier molecular flexibility index (Phi) is 6.47. The maximum Gasteiger partial charge on any atom is 0.418 e. The summed E-state index contributed by atoms with van der Waals surface area (Å²) in [6.45, 7) is 9.45. The molecule has 0 saturated carbocycles. The smallest absolute Gasteiger partial charge is 0.418 e. The van der Waals surface area contributed by atoms with Gasteiger partial charge in [0.05, 0.1) is 5.54 Å². The van der Waals surface area contributed by atoms with E-state index in [0.717, 1.165) is 11.3 Å². The predicted molar refractivity (Wildman–Crippen MR) is 109 cm³/mol. The molecule has 0 bridgehead atoms. The van der Waals surface area contributed by atoms with Gasteiger partial charge < -0.3 is 10.1 Å². The second kappa shape index (κ2) is 8.14. The fourth-order valence-corrected chi connectivity index (χ4v) is 3.86. The third-order valence-corrected chi connectivity index (χ3v) is 5.21. The number of nitrogens with zero attached hydrogens (tertiary/aromatic N) is 2. The van der Waals surface area contributed by atoms with Gasteiger partial charge in [0.1, 0.15) is 23.0 Å². The lowest BCUT2D eigenvalue weighted by molar-refractivity contribution is -0.218. The minimum Gasteiger partial charge on any atom is -0.444 e. The summed E-state index contributed by atoms with van der Waals surface area (Å²) in [4.78, 5) is 41.0. The summed E-state index contributed by atoms with van der Waals surface area (Å²) in [5, 5.41) is 13.4. The molecule has 1 aliphatic heterocycles. The molecule has 15 heteroatoms. The molecule has 1 aliphatic rings. The van der Waals surface area contributed by atoms with Gasteiger partial charge in [0.25, 0.3) is 11.8 Å². The van der Waals surface area contributed by atoms with Gasteiger partial charge >= 0.3 is 16.5 Å². The topological polar surface area (TPSA) is 188 Å². The van der Waals surface area contributed by atoms with Crippen LogP contribution in [0.4, 0.5) is 9.93 Å². The summed E-state index contributed by atoms with van der Waals surface area (Å²) >= 11 is 1.03. The first-order valence-corrected chi connectivity index (χ1v) is 11.0. The molecule has 1 aromatic rings. The molecule has 31 heavy (non-hydrogen) atoms. The Balaban J connectivity index is 2.08. The van der Waals surface area contributed by atoms with Gasteiger partial charge in [-0.25, -0.2) is 9.78 Å². The van der Waals surface area contributed by atoms with Gasteiger partial charge in [-0.1, -0.05) is 0 Å². The van der Waals surface area contributed by atoms with Gasteiger partial charge in [-0.2, -0.15) is 13.5 Å². The van der Waals surface area contributed by atoms with Crippen LogP contribution in [0.1, 0.15) is 45.2 Å². The number of hydroxylamine groups is 2. The summed E-state index contributed by atoms with van der Waals surface area (Å²) in [6, 6.07) is -1.21. The third kappa shape index (κ3) is 5.75. The van der Waals surface area contributed by atoms with Crippen molar-refractivity contribution in [2.45, 2.75) is 58.7 Å². The summed E-state index contributed by atoms with van der Waals surface area (Å²) < 4.78 is 39.8. The summed E-state index contributed by atoms with van der Waals surface area (Å²) in [5.41, 5.74) is -2.61. The molecular formula is C16H23N5O8S2. The normalized spacial score (nSPS) is 18.2. The van der Waals surface area contributed by atoms with Gasteiger partial charge in [0.2, 0.25) is 0 Å². The minimum atomic E-state index is -4.93. The zero-order valence-corrected chi connectivity index (χ0v) is 19.2. The summed E-state index contributed by atoms with van der Waals surface area (Å²) in [6.07, 6.45) is -0.746. The Morgan fingerprint density at radius 2 is 1.90 bits per heavy atom. The van der Waals surface area contributed by atoms with Crippen LogP contribution in [0.3, 0.4) is 0 Å². The number of thiazole rings is 1. The van der Waals surface area contributed by atoms with Crippen molar-refractivity contribution in [1.29, 1.82) is 5.41 Å². The number of carbonyl (C=O) groups is 3. The first kappa shape index (κ1) is 24.6. The molecule has 2 heterocycles. The average molecular weight is 478 g/mol. The lowest BCUT2D eigenvalue weighted by Crippen LogP contribution is -2.76. The van der Waals surface area contributed by atoms with Crippen LogP contribution in [0, 0.1) is 12.3 Å². The number of ether oxygens (including phenoxy) is 1. The number of nitrogens with one attached hydrogen (secondary N) is 3. The number of rotatable bonds is 6. The van der Waals surface area contributed by atoms with E-state index in [1.54, 1.807) is 27.7 Å². The maximum absolute atomic E-state index is 12.5. The molecule has 0 spiro atoms. The fraction of sp³-hybridized carbons (Fsp3) is 0.562. The van der Waals surface area contributed by atoms with Crippen LogP contribution in [-0.4, -0.2) is 63.8 Å². The molecule has 1 fully saturated rings. The second-order valence-corrected chi connectivity index (χ2v) is 10.3. The monoisotopic (exact) mass is 477 g/mol. The molecule has 172 valence electrons. The number of carbonyl (C=O) groups excluding carboxylic acids is 3. The Morgan fingerprint density at radius 3 is 2.39 bits per heavy atom. The van der Waals surface area contributed by atoms with Crippen LogP contribution in [0.15, 0.2) is 0 Å². The van der Waals surface area contributed by atoms with Crippen LogP contribution in [-0.2, 0) is 29.0 Å². The van der Waals surface area contributed by atoms with Crippen molar-refractivity contribution in [2.24, 2.45) is 0 Å². The number of β-lactam (4-membered cyclic amide) rings is 1. The molecule has 0 aliphatic carbocycles. The van der Waals surface area contributed by atoms with Gasteiger partial charge in [0, 0.05) is 4.88 Å². The van der Waals surface area contributed by atoms with Crippen molar-refractivity contribution in [3.63, 3.8) is 0 Å². The average Bonchev–Trinajstić information content (AvgIpc) is 2.93.